The zero-order chi connectivity index (χ0) is 18.4. The van der Waals surface area contributed by atoms with Crippen molar-refractivity contribution in [2.24, 2.45) is 10.2 Å². The molecule has 0 fully saturated rings. The SMILES string of the molecule is N#CCCCn1c(O)c(N=NC(=O)Cc2ccccc2)c2ccccc21. The summed E-state index contributed by atoms with van der Waals surface area (Å²) >= 11 is 0. The molecule has 0 saturated carbocycles. The van der Waals surface area contributed by atoms with Crippen molar-refractivity contribution in [2.45, 2.75) is 25.8 Å². The summed E-state index contributed by atoms with van der Waals surface area (Å²) in [6.07, 6.45) is 1.18. The zero-order valence-electron chi connectivity index (χ0n) is 14.2. The summed E-state index contributed by atoms with van der Waals surface area (Å²) in [7, 11) is 0. The molecule has 0 saturated heterocycles. The van der Waals surface area contributed by atoms with Crippen molar-refractivity contribution in [2.75, 3.05) is 0 Å². The highest BCUT2D eigenvalue weighted by molar-refractivity contribution is 5.95. The van der Waals surface area contributed by atoms with E-state index in [2.05, 4.69) is 16.3 Å². The van der Waals surface area contributed by atoms with Crippen LogP contribution in [0.15, 0.2) is 64.8 Å². The lowest BCUT2D eigenvalue weighted by Gasteiger charge is -2.04. The number of hydrogen-bond acceptors (Lipinski definition) is 4. The van der Waals surface area contributed by atoms with Gasteiger partial charge in [0, 0.05) is 18.4 Å². The van der Waals surface area contributed by atoms with Gasteiger partial charge in [0.25, 0.3) is 5.91 Å². The number of aromatic nitrogens is 1. The molecule has 0 aliphatic carbocycles. The van der Waals surface area contributed by atoms with Crippen LogP contribution in [-0.4, -0.2) is 15.6 Å². The van der Waals surface area contributed by atoms with Crippen molar-refractivity contribution >= 4 is 22.5 Å². The number of carbonyl (C=O) groups excluding carboxylic acids is 1. The number of azo groups is 1. The number of amides is 1. The monoisotopic (exact) mass is 346 g/mol. The first-order valence-corrected chi connectivity index (χ1v) is 8.36. The Labute approximate surface area is 151 Å². The van der Waals surface area contributed by atoms with Crippen molar-refractivity contribution in [1.29, 1.82) is 5.26 Å². The number of nitrogens with zero attached hydrogens (tertiary/aromatic N) is 4. The average Bonchev–Trinajstić information content (AvgIpc) is 2.93. The molecular formula is C20H18N4O2. The topological polar surface area (TPSA) is 90.7 Å². The Morgan fingerprint density at radius 2 is 1.85 bits per heavy atom. The van der Waals surface area contributed by atoms with Gasteiger partial charge in [-0.15, -0.1) is 10.2 Å². The Morgan fingerprint density at radius 3 is 2.62 bits per heavy atom. The van der Waals surface area contributed by atoms with Gasteiger partial charge >= 0.3 is 0 Å². The lowest BCUT2D eigenvalue weighted by atomic mass is 10.1. The molecule has 1 heterocycles. The lowest BCUT2D eigenvalue weighted by Crippen LogP contribution is -1.97. The van der Waals surface area contributed by atoms with E-state index in [0.717, 1.165) is 16.5 Å². The Balaban J connectivity index is 1.86. The largest absolute Gasteiger partial charge is 0.493 e. The molecule has 0 unspecified atom stereocenters. The van der Waals surface area contributed by atoms with Gasteiger partial charge in [0.2, 0.25) is 5.88 Å². The molecule has 1 N–H and O–H groups in total. The van der Waals surface area contributed by atoms with Crippen LogP contribution in [0.4, 0.5) is 5.69 Å². The Morgan fingerprint density at radius 1 is 1.12 bits per heavy atom. The summed E-state index contributed by atoms with van der Waals surface area (Å²) in [5, 5.41) is 27.7. The quantitative estimate of drug-likeness (QED) is 0.526. The van der Waals surface area contributed by atoms with Gasteiger partial charge in [-0.25, -0.2) is 0 Å². The second kappa shape index (κ2) is 8.08. The van der Waals surface area contributed by atoms with Gasteiger partial charge in [-0.05, 0) is 18.1 Å². The highest BCUT2D eigenvalue weighted by atomic mass is 16.3. The third-order valence-corrected chi connectivity index (χ3v) is 4.05. The van der Waals surface area contributed by atoms with Crippen LogP contribution in [-0.2, 0) is 17.8 Å². The fourth-order valence-corrected chi connectivity index (χ4v) is 2.82. The molecule has 0 atom stereocenters. The number of nitriles is 1. The second-order valence-electron chi connectivity index (χ2n) is 5.86. The fourth-order valence-electron chi connectivity index (χ4n) is 2.82. The zero-order valence-corrected chi connectivity index (χ0v) is 14.2. The van der Waals surface area contributed by atoms with Gasteiger partial charge in [-0.1, -0.05) is 48.5 Å². The summed E-state index contributed by atoms with van der Waals surface area (Å²) in [5.41, 5.74) is 1.94. The van der Waals surface area contributed by atoms with E-state index in [4.69, 9.17) is 5.26 Å². The molecule has 26 heavy (non-hydrogen) atoms. The predicted octanol–water partition coefficient (Wildman–Crippen LogP) is 4.50. The molecule has 6 heteroatoms. The molecule has 3 aromatic rings. The van der Waals surface area contributed by atoms with Crippen LogP contribution in [0.25, 0.3) is 10.9 Å². The first kappa shape index (κ1) is 17.4. The van der Waals surface area contributed by atoms with Crippen LogP contribution >= 0.6 is 0 Å². The minimum Gasteiger partial charge on any atom is -0.493 e. The van der Waals surface area contributed by atoms with Crippen LogP contribution in [0.1, 0.15) is 18.4 Å². The molecule has 0 aliphatic heterocycles. The van der Waals surface area contributed by atoms with Crippen molar-refractivity contribution in [1.82, 2.24) is 4.57 Å². The van der Waals surface area contributed by atoms with Crippen LogP contribution in [0.3, 0.4) is 0 Å². The number of unbranched alkanes of at least 4 members (excludes halogenated alkanes) is 1. The highest BCUT2D eigenvalue weighted by Gasteiger charge is 2.16. The van der Waals surface area contributed by atoms with Crippen molar-refractivity contribution in [3.8, 4) is 11.9 Å². The normalized spacial score (nSPS) is 11.0. The van der Waals surface area contributed by atoms with E-state index in [1.54, 1.807) is 4.57 Å². The van der Waals surface area contributed by atoms with E-state index in [1.807, 2.05) is 54.6 Å². The number of fused-ring (bicyclic) bond motifs is 1. The number of aromatic hydroxyl groups is 1. The maximum atomic E-state index is 12.1. The van der Waals surface area contributed by atoms with Gasteiger partial charge in [-0.3, -0.25) is 4.79 Å². The number of aryl methyl sites for hydroxylation is 1. The number of rotatable bonds is 6. The number of para-hydroxylation sites is 1. The second-order valence-corrected chi connectivity index (χ2v) is 5.86. The minimum absolute atomic E-state index is 0.0413. The number of carbonyl (C=O) groups is 1. The van der Waals surface area contributed by atoms with Crippen molar-refractivity contribution in [3.63, 3.8) is 0 Å². The Kier molecular flexibility index (Phi) is 5.40. The molecule has 1 amide bonds. The molecule has 2 aromatic carbocycles. The Hall–Kier alpha value is -3.46. The fraction of sp³-hybridized carbons (Fsp3) is 0.200. The maximum Gasteiger partial charge on any atom is 0.269 e. The van der Waals surface area contributed by atoms with E-state index in [0.29, 0.717) is 19.4 Å². The molecule has 0 radical (unpaired) electrons. The number of benzene rings is 2. The van der Waals surface area contributed by atoms with Gasteiger partial charge in [-0.2, -0.15) is 5.26 Å². The summed E-state index contributed by atoms with van der Waals surface area (Å²) in [4.78, 5) is 12.1. The van der Waals surface area contributed by atoms with Crippen LogP contribution < -0.4 is 0 Å². The molecule has 130 valence electrons. The molecular weight excluding hydrogens is 328 g/mol. The molecule has 0 bridgehead atoms. The number of hydrogen-bond donors (Lipinski definition) is 1. The maximum absolute atomic E-state index is 12.1. The van der Waals surface area contributed by atoms with E-state index in [-0.39, 0.29) is 23.9 Å². The van der Waals surface area contributed by atoms with Gasteiger partial charge in [0.1, 0.15) is 0 Å². The first-order chi connectivity index (χ1) is 12.7. The van der Waals surface area contributed by atoms with Crippen LogP contribution in [0.5, 0.6) is 5.88 Å². The van der Waals surface area contributed by atoms with E-state index in [9.17, 15) is 9.90 Å². The molecule has 6 nitrogen and oxygen atoms in total. The molecule has 0 aliphatic rings. The minimum atomic E-state index is -0.378. The third-order valence-electron chi connectivity index (χ3n) is 4.05. The van der Waals surface area contributed by atoms with Gasteiger partial charge in [0.05, 0.1) is 18.0 Å². The molecule has 0 spiro atoms. The smallest absolute Gasteiger partial charge is 0.269 e. The average molecular weight is 346 g/mol. The summed E-state index contributed by atoms with van der Waals surface area (Å²) in [5.74, 6) is -0.419. The highest BCUT2D eigenvalue weighted by Crippen LogP contribution is 2.39. The third kappa shape index (κ3) is 3.78. The standard InChI is InChI=1S/C20H18N4O2/c21-12-6-7-13-24-17-11-5-4-10-16(17)19(20(24)26)23-22-18(25)14-15-8-2-1-3-9-15/h1-5,8-11,26H,6-7,13-14H2. The van der Waals surface area contributed by atoms with Crippen LogP contribution in [0.2, 0.25) is 0 Å². The van der Waals surface area contributed by atoms with E-state index in [1.165, 1.54) is 0 Å². The molecule has 3 rings (SSSR count). The van der Waals surface area contributed by atoms with E-state index < -0.39 is 0 Å². The lowest BCUT2D eigenvalue weighted by molar-refractivity contribution is -0.117. The van der Waals surface area contributed by atoms with Crippen molar-refractivity contribution in [3.05, 3.63) is 60.2 Å². The summed E-state index contributed by atoms with van der Waals surface area (Å²) < 4.78 is 1.70. The van der Waals surface area contributed by atoms with Crippen molar-refractivity contribution < 1.29 is 9.90 Å². The molecule has 1 aromatic heterocycles. The van der Waals surface area contributed by atoms with Gasteiger partial charge < -0.3 is 9.67 Å². The summed E-state index contributed by atoms with van der Waals surface area (Å²) in [6.45, 7) is 0.493. The predicted molar refractivity (Wildman–Crippen MR) is 98.1 cm³/mol. The van der Waals surface area contributed by atoms with Crippen LogP contribution in [0, 0.1) is 11.3 Å². The van der Waals surface area contributed by atoms with Gasteiger partial charge in [0.15, 0.2) is 5.69 Å². The first-order valence-electron chi connectivity index (χ1n) is 8.36. The Bertz CT molecular complexity index is 984. The summed E-state index contributed by atoms with van der Waals surface area (Å²) in [6, 6.07) is 18.8. The van der Waals surface area contributed by atoms with E-state index >= 15 is 0 Å².